The Kier molecular flexibility index (Phi) is 6.28. The highest BCUT2D eigenvalue weighted by atomic mass is 16.5. The van der Waals surface area contributed by atoms with Gasteiger partial charge in [-0.1, -0.05) is 12.1 Å². The lowest BCUT2D eigenvalue weighted by molar-refractivity contribution is -0.111. The van der Waals surface area contributed by atoms with Crippen LogP contribution in [0.3, 0.4) is 0 Å². The highest BCUT2D eigenvalue weighted by Crippen LogP contribution is 2.40. The predicted octanol–water partition coefficient (Wildman–Crippen LogP) is 3.37. The van der Waals surface area contributed by atoms with Crippen molar-refractivity contribution >= 4 is 17.7 Å². The van der Waals surface area contributed by atoms with E-state index in [4.69, 9.17) is 18.9 Å². The second-order valence-electron chi connectivity index (χ2n) is 4.95. The first-order valence-electron chi connectivity index (χ1n) is 7.55. The standard InChI is InChI=1S/C19H21NO5/c1-22-15-8-6-5-7-14(15)20-17(21)12-10-13-9-11-16(23-2)19(25-4)18(13)24-3/h5-12H,1-4H3,(H,20,21). The molecule has 1 amide bonds. The van der Waals surface area contributed by atoms with Crippen LogP contribution in [0.5, 0.6) is 23.0 Å². The van der Waals surface area contributed by atoms with E-state index in [-0.39, 0.29) is 5.91 Å². The van der Waals surface area contributed by atoms with Crippen LogP contribution in [0.4, 0.5) is 5.69 Å². The Balaban J connectivity index is 2.22. The van der Waals surface area contributed by atoms with Crippen LogP contribution in [0.1, 0.15) is 5.56 Å². The van der Waals surface area contributed by atoms with Gasteiger partial charge in [-0.15, -0.1) is 0 Å². The average Bonchev–Trinajstić information content (AvgIpc) is 2.65. The summed E-state index contributed by atoms with van der Waals surface area (Å²) in [5.74, 6) is 1.81. The number of carbonyl (C=O) groups is 1. The van der Waals surface area contributed by atoms with Gasteiger partial charge >= 0.3 is 0 Å². The quantitative estimate of drug-likeness (QED) is 0.781. The lowest BCUT2D eigenvalue weighted by Gasteiger charge is -2.14. The van der Waals surface area contributed by atoms with Crippen molar-refractivity contribution in [2.75, 3.05) is 33.8 Å². The number of ether oxygens (including phenoxy) is 4. The molecule has 0 saturated heterocycles. The molecule has 6 nitrogen and oxygen atoms in total. The molecule has 0 saturated carbocycles. The third-order valence-electron chi connectivity index (χ3n) is 3.51. The van der Waals surface area contributed by atoms with E-state index in [0.29, 0.717) is 34.2 Å². The van der Waals surface area contributed by atoms with E-state index in [2.05, 4.69) is 5.32 Å². The molecule has 1 N–H and O–H groups in total. The van der Waals surface area contributed by atoms with E-state index in [1.165, 1.54) is 20.3 Å². The second-order valence-corrected chi connectivity index (χ2v) is 4.95. The number of rotatable bonds is 7. The fourth-order valence-corrected chi connectivity index (χ4v) is 2.34. The number of nitrogens with one attached hydrogen (secondary N) is 1. The third kappa shape index (κ3) is 4.23. The van der Waals surface area contributed by atoms with Gasteiger partial charge in [0.05, 0.1) is 34.1 Å². The van der Waals surface area contributed by atoms with Crippen molar-refractivity contribution in [2.24, 2.45) is 0 Å². The maximum absolute atomic E-state index is 12.2. The molecule has 0 radical (unpaired) electrons. The lowest BCUT2D eigenvalue weighted by atomic mass is 10.1. The van der Waals surface area contributed by atoms with Gasteiger partial charge in [-0.25, -0.2) is 0 Å². The number of para-hydroxylation sites is 2. The van der Waals surface area contributed by atoms with Crippen LogP contribution >= 0.6 is 0 Å². The number of methoxy groups -OCH3 is 4. The van der Waals surface area contributed by atoms with Gasteiger partial charge in [0, 0.05) is 11.6 Å². The van der Waals surface area contributed by atoms with E-state index < -0.39 is 0 Å². The molecule has 0 unspecified atom stereocenters. The molecule has 0 aliphatic heterocycles. The number of hydrogen-bond acceptors (Lipinski definition) is 5. The van der Waals surface area contributed by atoms with Crippen LogP contribution in [-0.2, 0) is 4.79 Å². The molecule has 25 heavy (non-hydrogen) atoms. The first-order valence-corrected chi connectivity index (χ1v) is 7.55. The number of anilines is 1. The molecule has 0 spiro atoms. The molecular formula is C19H21NO5. The van der Waals surface area contributed by atoms with Crippen molar-refractivity contribution in [1.29, 1.82) is 0 Å². The van der Waals surface area contributed by atoms with Crippen LogP contribution in [0, 0.1) is 0 Å². The zero-order valence-corrected chi connectivity index (χ0v) is 14.7. The minimum atomic E-state index is -0.290. The summed E-state index contributed by atoms with van der Waals surface area (Å²) >= 11 is 0. The minimum absolute atomic E-state index is 0.290. The van der Waals surface area contributed by atoms with Gasteiger partial charge in [0.25, 0.3) is 0 Å². The van der Waals surface area contributed by atoms with Crippen LogP contribution < -0.4 is 24.3 Å². The Morgan fingerprint density at radius 1 is 0.840 bits per heavy atom. The normalized spacial score (nSPS) is 10.4. The minimum Gasteiger partial charge on any atom is -0.495 e. The highest BCUT2D eigenvalue weighted by Gasteiger charge is 2.14. The largest absolute Gasteiger partial charge is 0.495 e. The van der Waals surface area contributed by atoms with E-state index in [1.807, 2.05) is 12.1 Å². The maximum Gasteiger partial charge on any atom is 0.248 e. The molecule has 2 rings (SSSR count). The number of carbonyl (C=O) groups excluding carboxylic acids is 1. The van der Waals surface area contributed by atoms with Crippen LogP contribution in [-0.4, -0.2) is 34.3 Å². The summed E-state index contributed by atoms with van der Waals surface area (Å²) in [5, 5.41) is 2.77. The summed E-state index contributed by atoms with van der Waals surface area (Å²) in [4.78, 5) is 12.2. The Morgan fingerprint density at radius 3 is 2.16 bits per heavy atom. The van der Waals surface area contributed by atoms with Gasteiger partial charge in [-0.05, 0) is 30.3 Å². The SMILES string of the molecule is COc1ccccc1NC(=O)C=Cc1ccc(OC)c(OC)c1OC. The van der Waals surface area contributed by atoms with Crippen molar-refractivity contribution in [3.05, 3.63) is 48.0 Å². The Hall–Kier alpha value is -3.15. The maximum atomic E-state index is 12.2. The summed E-state index contributed by atoms with van der Waals surface area (Å²) in [6.45, 7) is 0. The zero-order valence-electron chi connectivity index (χ0n) is 14.7. The smallest absolute Gasteiger partial charge is 0.248 e. The summed E-state index contributed by atoms with van der Waals surface area (Å²) in [6, 6.07) is 10.7. The van der Waals surface area contributed by atoms with Crippen molar-refractivity contribution in [2.45, 2.75) is 0 Å². The molecular weight excluding hydrogens is 322 g/mol. The molecule has 0 bridgehead atoms. The topological polar surface area (TPSA) is 66.0 Å². The lowest BCUT2D eigenvalue weighted by Crippen LogP contribution is -2.08. The van der Waals surface area contributed by atoms with Gasteiger partial charge in [-0.2, -0.15) is 0 Å². The van der Waals surface area contributed by atoms with E-state index in [0.717, 1.165) is 0 Å². The van der Waals surface area contributed by atoms with Gasteiger partial charge in [0.15, 0.2) is 11.5 Å². The van der Waals surface area contributed by atoms with Crippen molar-refractivity contribution in [3.63, 3.8) is 0 Å². The van der Waals surface area contributed by atoms with Crippen molar-refractivity contribution in [1.82, 2.24) is 0 Å². The van der Waals surface area contributed by atoms with Crippen molar-refractivity contribution < 1.29 is 23.7 Å². The average molecular weight is 343 g/mol. The van der Waals surface area contributed by atoms with E-state index in [9.17, 15) is 4.79 Å². The van der Waals surface area contributed by atoms with Crippen molar-refractivity contribution in [3.8, 4) is 23.0 Å². The fraction of sp³-hybridized carbons (Fsp3) is 0.211. The first kappa shape index (κ1) is 18.2. The van der Waals surface area contributed by atoms with Gasteiger partial charge in [-0.3, -0.25) is 4.79 Å². The summed E-state index contributed by atoms with van der Waals surface area (Å²) in [5.41, 5.74) is 1.29. The summed E-state index contributed by atoms with van der Waals surface area (Å²) in [6.07, 6.45) is 3.06. The van der Waals surface area contributed by atoms with E-state index >= 15 is 0 Å². The second kappa shape index (κ2) is 8.63. The molecule has 0 aliphatic carbocycles. The molecule has 6 heteroatoms. The number of amides is 1. The molecule has 0 aliphatic rings. The summed E-state index contributed by atoms with van der Waals surface area (Å²) in [7, 11) is 6.16. The molecule has 0 atom stereocenters. The Morgan fingerprint density at radius 2 is 1.52 bits per heavy atom. The van der Waals surface area contributed by atoms with E-state index in [1.54, 1.807) is 44.6 Å². The van der Waals surface area contributed by atoms with Gasteiger partial charge < -0.3 is 24.3 Å². The molecule has 0 fully saturated rings. The molecule has 132 valence electrons. The molecule has 2 aromatic carbocycles. The number of hydrogen-bond donors (Lipinski definition) is 1. The third-order valence-corrected chi connectivity index (χ3v) is 3.51. The van der Waals surface area contributed by atoms with Gasteiger partial charge in [0.2, 0.25) is 11.7 Å². The van der Waals surface area contributed by atoms with Gasteiger partial charge in [0.1, 0.15) is 5.75 Å². The Bertz CT molecular complexity index is 770. The summed E-state index contributed by atoms with van der Waals surface area (Å²) < 4.78 is 21.2. The first-order chi connectivity index (χ1) is 12.1. The number of benzene rings is 2. The monoisotopic (exact) mass is 343 g/mol. The molecule has 0 aromatic heterocycles. The predicted molar refractivity (Wildman–Crippen MR) is 96.8 cm³/mol. The molecule has 0 heterocycles. The fourth-order valence-electron chi connectivity index (χ4n) is 2.34. The van der Waals surface area contributed by atoms with Crippen LogP contribution in [0.25, 0.3) is 6.08 Å². The Labute approximate surface area is 147 Å². The van der Waals surface area contributed by atoms with Crippen LogP contribution in [0.15, 0.2) is 42.5 Å². The zero-order chi connectivity index (χ0) is 18.2. The highest BCUT2D eigenvalue weighted by molar-refractivity contribution is 6.03. The molecule has 2 aromatic rings. The van der Waals surface area contributed by atoms with Crippen LogP contribution in [0.2, 0.25) is 0 Å².